The van der Waals surface area contributed by atoms with Crippen molar-refractivity contribution in [3.8, 4) is 0 Å². The number of hydrogen-bond acceptors (Lipinski definition) is 2. The van der Waals surface area contributed by atoms with Gasteiger partial charge < -0.3 is 10.2 Å². The van der Waals surface area contributed by atoms with Gasteiger partial charge in [0.2, 0.25) is 0 Å². The molecule has 0 aromatic heterocycles. The minimum Gasteiger partial charge on any atom is -0.314 e. The van der Waals surface area contributed by atoms with Crippen LogP contribution in [0.25, 0.3) is 0 Å². The van der Waals surface area contributed by atoms with Crippen LogP contribution < -0.4 is 5.32 Å². The molecular formula is C16H26N2. The van der Waals surface area contributed by atoms with Crippen molar-refractivity contribution in [2.75, 3.05) is 27.2 Å². The summed E-state index contributed by atoms with van der Waals surface area (Å²) >= 11 is 0. The zero-order chi connectivity index (χ0) is 13.0. The summed E-state index contributed by atoms with van der Waals surface area (Å²) in [5.74, 6) is 0.785. The van der Waals surface area contributed by atoms with Gasteiger partial charge in [-0.15, -0.1) is 0 Å². The Balaban J connectivity index is 1.87. The lowest BCUT2D eigenvalue weighted by Gasteiger charge is -2.33. The van der Waals surface area contributed by atoms with Crippen LogP contribution in [0.5, 0.6) is 0 Å². The van der Waals surface area contributed by atoms with Crippen molar-refractivity contribution < 1.29 is 0 Å². The molecule has 2 atom stereocenters. The van der Waals surface area contributed by atoms with Gasteiger partial charge in [0, 0.05) is 6.04 Å². The molecule has 2 nitrogen and oxygen atoms in total. The molecule has 1 aromatic carbocycles. The summed E-state index contributed by atoms with van der Waals surface area (Å²) in [4.78, 5) is 2.28. The quantitative estimate of drug-likeness (QED) is 0.795. The van der Waals surface area contributed by atoms with E-state index in [1.165, 1.54) is 25.8 Å². The molecule has 2 rings (SSSR count). The van der Waals surface area contributed by atoms with Gasteiger partial charge in [-0.1, -0.05) is 31.2 Å². The zero-order valence-corrected chi connectivity index (χ0v) is 11.9. The van der Waals surface area contributed by atoms with Crippen LogP contribution in [0.1, 0.15) is 36.8 Å². The molecule has 0 saturated heterocycles. The van der Waals surface area contributed by atoms with Crippen LogP contribution in [0.15, 0.2) is 24.3 Å². The standard InChI is InChI=1S/C16H26N2/c1-4-17-15(9-10-18(2)3)12-14-11-13-7-5-6-8-16(13)14/h5-8,14-15,17H,4,9-12H2,1-3H3. The molecule has 0 spiro atoms. The lowest BCUT2D eigenvalue weighted by molar-refractivity contribution is 0.334. The van der Waals surface area contributed by atoms with Crippen molar-refractivity contribution in [3.05, 3.63) is 35.4 Å². The van der Waals surface area contributed by atoms with Crippen LogP contribution in [0.4, 0.5) is 0 Å². The third kappa shape index (κ3) is 3.33. The molecule has 2 unspecified atom stereocenters. The van der Waals surface area contributed by atoms with Gasteiger partial charge in [-0.05, 0) is 63.5 Å². The van der Waals surface area contributed by atoms with E-state index in [4.69, 9.17) is 0 Å². The van der Waals surface area contributed by atoms with E-state index >= 15 is 0 Å². The number of nitrogens with one attached hydrogen (secondary N) is 1. The van der Waals surface area contributed by atoms with Crippen LogP contribution in [0.3, 0.4) is 0 Å². The molecule has 0 radical (unpaired) electrons. The molecule has 1 aromatic rings. The fraction of sp³-hybridized carbons (Fsp3) is 0.625. The van der Waals surface area contributed by atoms with Gasteiger partial charge in [-0.2, -0.15) is 0 Å². The fourth-order valence-corrected chi connectivity index (χ4v) is 2.92. The van der Waals surface area contributed by atoms with E-state index in [1.807, 2.05) is 0 Å². The minimum absolute atomic E-state index is 0.663. The summed E-state index contributed by atoms with van der Waals surface area (Å²) in [5, 5.41) is 3.64. The summed E-state index contributed by atoms with van der Waals surface area (Å²) in [6.45, 7) is 4.45. The molecule has 18 heavy (non-hydrogen) atoms. The average molecular weight is 246 g/mol. The Morgan fingerprint density at radius 2 is 2.11 bits per heavy atom. The van der Waals surface area contributed by atoms with Crippen LogP contribution in [0, 0.1) is 0 Å². The van der Waals surface area contributed by atoms with Gasteiger partial charge in [-0.3, -0.25) is 0 Å². The van der Waals surface area contributed by atoms with Crippen LogP contribution in [0.2, 0.25) is 0 Å². The summed E-state index contributed by atoms with van der Waals surface area (Å²) in [7, 11) is 4.31. The number of hydrogen-bond donors (Lipinski definition) is 1. The highest BCUT2D eigenvalue weighted by Gasteiger charge is 2.27. The molecule has 0 fully saturated rings. The largest absolute Gasteiger partial charge is 0.314 e. The maximum atomic E-state index is 3.64. The summed E-state index contributed by atoms with van der Waals surface area (Å²) in [6.07, 6.45) is 3.82. The first kappa shape index (κ1) is 13.6. The molecule has 0 saturated carbocycles. The lowest BCUT2D eigenvalue weighted by atomic mass is 9.74. The molecule has 0 heterocycles. The van der Waals surface area contributed by atoms with Crippen molar-refractivity contribution in [2.45, 2.75) is 38.1 Å². The van der Waals surface area contributed by atoms with Crippen molar-refractivity contribution in [2.24, 2.45) is 0 Å². The van der Waals surface area contributed by atoms with Crippen LogP contribution >= 0.6 is 0 Å². The first-order valence-electron chi connectivity index (χ1n) is 7.16. The molecular weight excluding hydrogens is 220 g/mol. The van der Waals surface area contributed by atoms with Crippen molar-refractivity contribution in [1.29, 1.82) is 0 Å². The lowest BCUT2D eigenvalue weighted by Crippen LogP contribution is -2.35. The third-order valence-electron chi connectivity index (χ3n) is 3.95. The Morgan fingerprint density at radius 3 is 2.78 bits per heavy atom. The second kappa shape index (κ2) is 6.35. The highest BCUT2D eigenvalue weighted by Crippen LogP contribution is 2.38. The maximum absolute atomic E-state index is 3.64. The van der Waals surface area contributed by atoms with Gasteiger partial charge in [0.25, 0.3) is 0 Å². The Morgan fingerprint density at radius 1 is 1.33 bits per heavy atom. The van der Waals surface area contributed by atoms with Gasteiger partial charge >= 0.3 is 0 Å². The summed E-state index contributed by atoms with van der Waals surface area (Å²) in [6, 6.07) is 9.57. The second-order valence-corrected chi connectivity index (χ2v) is 5.68. The molecule has 1 aliphatic rings. The highest BCUT2D eigenvalue weighted by atomic mass is 15.1. The molecule has 0 amide bonds. The zero-order valence-electron chi connectivity index (χ0n) is 11.9. The van der Waals surface area contributed by atoms with Crippen LogP contribution in [-0.2, 0) is 6.42 Å². The number of fused-ring (bicyclic) bond motifs is 1. The van der Waals surface area contributed by atoms with Gasteiger partial charge in [0.05, 0.1) is 0 Å². The van der Waals surface area contributed by atoms with Crippen LogP contribution in [-0.4, -0.2) is 38.1 Å². The SMILES string of the molecule is CCNC(CCN(C)C)CC1Cc2ccccc21. The number of nitrogens with zero attached hydrogens (tertiary/aromatic N) is 1. The Labute approximate surface area is 111 Å². The van der Waals surface area contributed by atoms with E-state index in [1.54, 1.807) is 11.1 Å². The van der Waals surface area contributed by atoms with E-state index in [9.17, 15) is 0 Å². The van der Waals surface area contributed by atoms with E-state index in [-0.39, 0.29) is 0 Å². The monoisotopic (exact) mass is 246 g/mol. The van der Waals surface area contributed by atoms with E-state index in [0.29, 0.717) is 6.04 Å². The first-order valence-corrected chi connectivity index (χ1v) is 7.16. The molecule has 0 bridgehead atoms. The molecule has 1 N–H and O–H groups in total. The second-order valence-electron chi connectivity index (χ2n) is 5.68. The summed E-state index contributed by atoms with van der Waals surface area (Å²) < 4.78 is 0. The predicted molar refractivity (Wildman–Crippen MR) is 78.1 cm³/mol. The summed E-state index contributed by atoms with van der Waals surface area (Å²) in [5.41, 5.74) is 3.15. The van der Waals surface area contributed by atoms with Gasteiger partial charge in [0.15, 0.2) is 0 Å². The van der Waals surface area contributed by atoms with E-state index < -0.39 is 0 Å². The molecule has 2 heteroatoms. The number of rotatable bonds is 7. The number of benzene rings is 1. The Kier molecular flexibility index (Phi) is 4.79. The van der Waals surface area contributed by atoms with Crippen molar-refractivity contribution in [3.63, 3.8) is 0 Å². The van der Waals surface area contributed by atoms with Crippen molar-refractivity contribution >= 4 is 0 Å². The highest BCUT2D eigenvalue weighted by molar-refractivity contribution is 5.39. The maximum Gasteiger partial charge on any atom is 0.00850 e. The predicted octanol–water partition coefficient (Wildman–Crippen LogP) is 2.65. The Bertz CT molecular complexity index is 373. The van der Waals surface area contributed by atoms with Gasteiger partial charge in [0.1, 0.15) is 0 Å². The average Bonchev–Trinajstić information content (AvgIpc) is 2.32. The van der Waals surface area contributed by atoms with Gasteiger partial charge in [-0.25, -0.2) is 0 Å². The topological polar surface area (TPSA) is 15.3 Å². The third-order valence-corrected chi connectivity index (χ3v) is 3.95. The normalized spacial score (nSPS) is 19.4. The van der Waals surface area contributed by atoms with Crippen molar-refractivity contribution in [1.82, 2.24) is 10.2 Å². The molecule has 100 valence electrons. The Hall–Kier alpha value is -0.860. The van der Waals surface area contributed by atoms with E-state index in [2.05, 4.69) is 55.5 Å². The fourth-order valence-electron chi connectivity index (χ4n) is 2.92. The minimum atomic E-state index is 0.663. The molecule has 0 aliphatic heterocycles. The first-order chi connectivity index (χ1) is 8.70. The smallest absolute Gasteiger partial charge is 0.00850 e. The molecule has 1 aliphatic carbocycles. The van der Waals surface area contributed by atoms with E-state index in [0.717, 1.165) is 12.5 Å².